The molecule has 0 atom stereocenters. The van der Waals surface area contributed by atoms with E-state index in [4.69, 9.17) is 0 Å². The van der Waals surface area contributed by atoms with Crippen molar-refractivity contribution in [2.24, 2.45) is 5.41 Å². The Morgan fingerprint density at radius 1 is 1.39 bits per heavy atom. The van der Waals surface area contributed by atoms with Crippen molar-refractivity contribution in [2.45, 2.75) is 39.7 Å². The first-order valence-electron chi connectivity index (χ1n) is 6.10. The van der Waals surface area contributed by atoms with Gasteiger partial charge in [-0.2, -0.15) is 0 Å². The maximum atomic E-state index is 12.4. The molecule has 1 fully saturated rings. The first-order valence-corrected chi connectivity index (χ1v) is 7.78. The van der Waals surface area contributed by atoms with Crippen molar-refractivity contribution >= 4 is 39.1 Å². The van der Waals surface area contributed by atoms with Crippen LogP contribution in [0, 0.1) is 5.41 Å². The minimum atomic E-state index is -0.458. The van der Waals surface area contributed by atoms with Crippen LogP contribution in [0.2, 0.25) is 0 Å². The lowest BCUT2D eigenvalue weighted by Gasteiger charge is -2.23. The second kappa shape index (κ2) is 5.13. The molecule has 1 aromatic heterocycles. The summed E-state index contributed by atoms with van der Waals surface area (Å²) in [6.45, 7) is 4.37. The fourth-order valence-electron chi connectivity index (χ4n) is 2.40. The lowest BCUT2D eigenvalue weighted by molar-refractivity contribution is -0.142. The second-order valence-electron chi connectivity index (χ2n) is 4.64. The van der Waals surface area contributed by atoms with Gasteiger partial charge in [-0.3, -0.25) is 14.5 Å². The zero-order chi connectivity index (χ0) is 13.3. The number of imide groups is 1. The van der Waals surface area contributed by atoms with Gasteiger partial charge in [-0.15, -0.1) is 11.3 Å². The molecule has 2 heterocycles. The number of likely N-dealkylation sites (tertiary alicyclic amines) is 1. The van der Waals surface area contributed by atoms with E-state index < -0.39 is 5.41 Å². The van der Waals surface area contributed by atoms with E-state index >= 15 is 0 Å². The van der Waals surface area contributed by atoms with Gasteiger partial charge in [0, 0.05) is 15.8 Å². The van der Waals surface area contributed by atoms with Crippen LogP contribution >= 0.6 is 27.3 Å². The number of rotatable bonds is 4. The third kappa shape index (κ3) is 2.14. The molecule has 1 aliphatic heterocycles. The lowest BCUT2D eigenvalue weighted by atomic mass is 9.81. The number of amides is 2. The number of hydrogen-bond acceptors (Lipinski definition) is 3. The van der Waals surface area contributed by atoms with E-state index in [0.29, 0.717) is 13.0 Å². The van der Waals surface area contributed by atoms with Gasteiger partial charge >= 0.3 is 0 Å². The molecule has 1 aliphatic rings. The molecular weight excluding hydrogens is 314 g/mol. The largest absolute Gasteiger partial charge is 0.277 e. The molecule has 1 aromatic rings. The van der Waals surface area contributed by atoms with Crippen LogP contribution in [0.5, 0.6) is 0 Å². The maximum Gasteiger partial charge on any atom is 0.236 e. The van der Waals surface area contributed by atoms with Gasteiger partial charge in [-0.05, 0) is 40.2 Å². The molecule has 0 spiro atoms. The fraction of sp³-hybridized carbons (Fsp3) is 0.538. The third-order valence-electron chi connectivity index (χ3n) is 3.84. The quantitative estimate of drug-likeness (QED) is 0.792. The molecule has 0 radical (unpaired) electrons. The van der Waals surface area contributed by atoms with Crippen LogP contribution in [-0.2, 0) is 16.1 Å². The molecule has 18 heavy (non-hydrogen) atoms. The highest BCUT2D eigenvalue weighted by Crippen LogP contribution is 2.40. The van der Waals surface area contributed by atoms with E-state index in [0.717, 1.165) is 22.2 Å². The summed E-state index contributed by atoms with van der Waals surface area (Å²) in [6, 6.07) is 1.94. The lowest BCUT2D eigenvalue weighted by Crippen LogP contribution is -2.34. The van der Waals surface area contributed by atoms with Gasteiger partial charge in [-0.25, -0.2) is 0 Å². The van der Waals surface area contributed by atoms with E-state index in [1.165, 1.54) is 4.90 Å². The molecular formula is C13H16BrNO2S. The SMILES string of the molecule is CCC1(CC)CC(=O)N(Cc2sccc2Br)C1=O. The predicted molar refractivity (Wildman–Crippen MR) is 75.2 cm³/mol. The topological polar surface area (TPSA) is 37.4 Å². The Bertz CT molecular complexity index is 479. The minimum absolute atomic E-state index is 0.00204. The normalized spacial score (nSPS) is 18.7. The average molecular weight is 330 g/mol. The molecule has 0 saturated carbocycles. The minimum Gasteiger partial charge on any atom is -0.277 e. The van der Waals surface area contributed by atoms with E-state index in [9.17, 15) is 9.59 Å². The fourth-order valence-corrected chi connectivity index (χ4v) is 3.87. The van der Waals surface area contributed by atoms with Gasteiger partial charge < -0.3 is 0 Å². The Balaban J connectivity index is 2.23. The highest BCUT2D eigenvalue weighted by atomic mass is 79.9. The van der Waals surface area contributed by atoms with Crippen LogP contribution < -0.4 is 0 Å². The Morgan fingerprint density at radius 2 is 2.06 bits per heavy atom. The third-order valence-corrected chi connectivity index (χ3v) is 5.75. The summed E-state index contributed by atoms with van der Waals surface area (Å²) in [7, 11) is 0. The summed E-state index contributed by atoms with van der Waals surface area (Å²) in [6.07, 6.45) is 1.83. The van der Waals surface area contributed by atoms with Crippen molar-refractivity contribution < 1.29 is 9.59 Å². The molecule has 5 heteroatoms. The van der Waals surface area contributed by atoms with Gasteiger partial charge in [0.1, 0.15) is 0 Å². The maximum absolute atomic E-state index is 12.4. The molecule has 0 aromatic carbocycles. The Labute approximate surface area is 119 Å². The standard InChI is InChI=1S/C13H16BrNO2S/c1-3-13(4-2)7-11(16)15(12(13)17)8-10-9(14)5-6-18-10/h5-6H,3-4,7-8H2,1-2H3. The van der Waals surface area contributed by atoms with E-state index in [-0.39, 0.29) is 11.8 Å². The molecule has 2 amide bonds. The molecule has 1 saturated heterocycles. The average Bonchev–Trinajstić information content (AvgIpc) is 2.86. The van der Waals surface area contributed by atoms with Crippen molar-refractivity contribution in [3.8, 4) is 0 Å². The van der Waals surface area contributed by atoms with E-state index in [1.54, 1.807) is 11.3 Å². The first kappa shape index (κ1) is 13.7. The molecule has 2 rings (SSSR count). The summed E-state index contributed by atoms with van der Waals surface area (Å²) >= 11 is 5.00. The van der Waals surface area contributed by atoms with Gasteiger partial charge in [0.05, 0.1) is 12.0 Å². The number of carbonyl (C=O) groups is 2. The summed E-state index contributed by atoms with van der Waals surface area (Å²) in [5, 5.41) is 1.96. The Hall–Kier alpha value is -0.680. The second-order valence-corrected chi connectivity index (χ2v) is 6.50. The summed E-state index contributed by atoms with van der Waals surface area (Å²) in [5.74, 6) is -0.0400. The van der Waals surface area contributed by atoms with Crippen LogP contribution in [0.15, 0.2) is 15.9 Å². The predicted octanol–water partition coefficient (Wildman–Crippen LogP) is 3.58. The van der Waals surface area contributed by atoms with Gasteiger partial charge in [-0.1, -0.05) is 13.8 Å². The summed E-state index contributed by atoms with van der Waals surface area (Å²) < 4.78 is 0.971. The van der Waals surface area contributed by atoms with Gasteiger partial charge in [0.25, 0.3) is 0 Å². The van der Waals surface area contributed by atoms with Crippen molar-refractivity contribution in [3.05, 3.63) is 20.8 Å². The van der Waals surface area contributed by atoms with Crippen molar-refractivity contribution in [1.82, 2.24) is 4.90 Å². The molecule has 3 nitrogen and oxygen atoms in total. The number of carbonyl (C=O) groups excluding carboxylic acids is 2. The zero-order valence-electron chi connectivity index (χ0n) is 10.5. The van der Waals surface area contributed by atoms with E-state index in [2.05, 4.69) is 15.9 Å². The number of halogens is 1. The number of thiophene rings is 1. The van der Waals surface area contributed by atoms with Crippen molar-refractivity contribution in [3.63, 3.8) is 0 Å². The molecule has 0 aliphatic carbocycles. The van der Waals surface area contributed by atoms with Crippen LogP contribution in [0.25, 0.3) is 0 Å². The van der Waals surface area contributed by atoms with Crippen LogP contribution in [-0.4, -0.2) is 16.7 Å². The number of hydrogen-bond donors (Lipinski definition) is 0. The Kier molecular flexibility index (Phi) is 3.92. The molecule has 0 N–H and O–H groups in total. The van der Waals surface area contributed by atoms with Crippen molar-refractivity contribution in [2.75, 3.05) is 0 Å². The zero-order valence-corrected chi connectivity index (χ0v) is 12.9. The van der Waals surface area contributed by atoms with Gasteiger partial charge in [0.15, 0.2) is 0 Å². The summed E-state index contributed by atoms with van der Waals surface area (Å²) in [4.78, 5) is 26.9. The smallest absolute Gasteiger partial charge is 0.236 e. The monoisotopic (exact) mass is 329 g/mol. The molecule has 0 bridgehead atoms. The highest BCUT2D eigenvalue weighted by Gasteiger charge is 2.48. The molecule has 0 unspecified atom stereocenters. The van der Waals surface area contributed by atoms with Crippen LogP contribution in [0.3, 0.4) is 0 Å². The number of nitrogens with zero attached hydrogens (tertiary/aromatic N) is 1. The Morgan fingerprint density at radius 3 is 2.50 bits per heavy atom. The first-order chi connectivity index (χ1) is 8.54. The molecule has 98 valence electrons. The van der Waals surface area contributed by atoms with E-state index in [1.807, 2.05) is 25.3 Å². The van der Waals surface area contributed by atoms with Gasteiger partial charge in [0.2, 0.25) is 11.8 Å². The highest BCUT2D eigenvalue weighted by molar-refractivity contribution is 9.10. The summed E-state index contributed by atoms with van der Waals surface area (Å²) in [5.41, 5.74) is -0.458. The van der Waals surface area contributed by atoms with Crippen LogP contribution in [0.4, 0.5) is 0 Å². The van der Waals surface area contributed by atoms with Crippen LogP contribution in [0.1, 0.15) is 38.0 Å². The van der Waals surface area contributed by atoms with Crippen molar-refractivity contribution in [1.29, 1.82) is 0 Å².